The van der Waals surface area contributed by atoms with Crippen LogP contribution in [-0.2, 0) is 11.3 Å². The monoisotopic (exact) mass is 253 g/mol. The fourth-order valence-electron chi connectivity index (χ4n) is 1.73. The predicted octanol–water partition coefficient (Wildman–Crippen LogP) is 0.827. The smallest absolute Gasteiger partial charge is 0.236 e. The number of aryl methyl sites for hydroxylation is 1. The molecule has 0 radical (unpaired) electrons. The molecule has 0 aliphatic rings. The van der Waals surface area contributed by atoms with Gasteiger partial charge in [-0.15, -0.1) is 0 Å². The second-order valence-corrected chi connectivity index (χ2v) is 4.63. The average Bonchev–Trinajstić information content (AvgIpc) is 2.71. The van der Waals surface area contributed by atoms with Gasteiger partial charge in [0.15, 0.2) is 0 Å². The summed E-state index contributed by atoms with van der Waals surface area (Å²) in [6, 6.07) is 1.94. The van der Waals surface area contributed by atoms with E-state index in [-0.39, 0.29) is 5.91 Å². The summed E-state index contributed by atoms with van der Waals surface area (Å²) in [6.07, 6.45) is 2.51. The van der Waals surface area contributed by atoms with Crippen molar-refractivity contribution >= 4 is 5.91 Å². The minimum Gasteiger partial charge on any atom is -0.469 e. The average molecular weight is 253 g/mol. The molecular weight excluding hydrogens is 230 g/mol. The van der Waals surface area contributed by atoms with Gasteiger partial charge in [-0.05, 0) is 33.0 Å². The van der Waals surface area contributed by atoms with Gasteiger partial charge in [-0.3, -0.25) is 9.69 Å². The van der Waals surface area contributed by atoms with Gasteiger partial charge in [0, 0.05) is 25.7 Å². The predicted molar refractivity (Wildman–Crippen MR) is 71.1 cm³/mol. The van der Waals surface area contributed by atoms with Gasteiger partial charge in [0.25, 0.3) is 0 Å². The molecule has 0 saturated heterocycles. The summed E-state index contributed by atoms with van der Waals surface area (Å²) in [5.41, 5.74) is 6.55. The highest BCUT2D eigenvalue weighted by Crippen LogP contribution is 2.10. The van der Waals surface area contributed by atoms with Gasteiger partial charge in [0.1, 0.15) is 5.76 Å². The van der Waals surface area contributed by atoms with Crippen LogP contribution in [0.25, 0.3) is 0 Å². The van der Waals surface area contributed by atoms with Crippen LogP contribution in [-0.4, -0.2) is 49.4 Å². The van der Waals surface area contributed by atoms with E-state index in [1.807, 2.05) is 32.0 Å². The van der Waals surface area contributed by atoms with Crippen LogP contribution in [0, 0.1) is 6.92 Å². The highest BCUT2D eigenvalue weighted by atomic mass is 16.3. The number of carbonyl (C=O) groups is 1. The molecule has 5 nitrogen and oxygen atoms in total. The molecule has 1 amide bonds. The zero-order chi connectivity index (χ0) is 13.5. The molecule has 0 spiro atoms. The van der Waals surface area contributed by atoms with Crippen LogP contribution >= 0.6 is 0 Å². The molecule has 18 heavy (non-hydrogen) atoms. The van der Waals surface area contributed by atoms with Crippen molar-refractivity contribution in [2.45, 2.75) is 19.9 Å². The number of nitrogens with two attached hydrogens (primary N) is 1. The number of likely N-dealkylation sites (N-methyl/N-ethyl adjacent to an activating group) is 2. The Morgan fingerprint density at radius 3 is 2.72 bits per heavy atom. The number of carbonyl (C=O) groups excluding carboxylic acids is 1. The highest BCUT2D eigenvalue weighted by molar-refractivity contribution is 5.77. The molecule has 0 saturated carbocycles. The van der Waals surface area contributed by atoms with Crippen LogP contribution in [0.15, 0.2) is 16.7 Å². The van der Waals surface area contributed by atoms with Gasteiger partial charge < -0.3 is 15.1 Å². The van der Waals surface area contributed by atoms with Crippen LogP contribution in [0.4, 0.5) is 0 Å². The van der Waals surface area contributed by atoms with E-state index in [4.69, 9.17) is 10.2 Å². The summed E-state index contributed by atoms with van der Waals surface area (Å²) >= 11 is 0. The van der Waals surface area contributed by atoms with Crippen LogP contribution in [0.1, 0.15) is 17.7 Å². The van der Waals surface area contributed by atoms with Crippen molar-refractivity contribution in [2.75, 3.05) is 33.7 Å². The van der Waals surface area contributed by atoms with Gasteiger partial charge in [0.2, 0.25) is 5.91 Å². The number of hydrogen-bond acceptors (Lipinski definition) is 4. The van der Waals surface area contributed by atoms with Crippen LogP contribution in [0.5, 0.6) is 0 Å². The Morgan fingerprint density at radius 2 is 2.17 bits per heavy atom. The van der Waals surface area contributed by atoms with E-state index in [2.05, 4.69) is 0 Å². The number of rotatable bonds is 7. The van der Waals surface area contributed by atoms with E-state index in [0.717, 1.165) is 24.3 Å². The minimum atomic E-state index is 0.118. The first-order chi connectivity index (χ1) is 8.54. The maximum atomic E-state index is 11.9. The molecule has 0 fully saturated rings. The van der Waals surface area contributed by atoms with Crippen LogP contribution < -0.4 is 5.73 Å². The summed E-state index contributed by atoms with van der Waals surface area (Å²) in [7, 11) is 3.75. The van der Waals surface area contributed by atoms with Crippen LogP contribution in [0.2, 0.25) is 0 Å². The lowest BCUT2D eigenvalue weighted by Gasteiger charge is -2.21. The number of furan rings is 1. The Morgan fingerprint density at radius 1 is 1.44 bits per heavy atom. The zero-order valence-electron chi connectivity index (χ0n) is 11.5. The Balaban J connectivity index is 2.37. The molecule has 0 atom stereocenters. The summed E-state index contributed by atoms with van der Waals surface area (Å²) in [6.45, 7) is 4.39. The van der Waals surface area contributed by atoms with Crippen molar-refractivity contribution in [3.63, 3.8) is 0 Å². The lowest BCUT2D eigenvalue weighted by atomic mass is 10.2. The standard InChI is InChI=1S/C13H23N3O2/c1-11-12(5-8-18-11)9-15(2)10-13(17)16(3)7-4-6-14/h5,8H,4,6-7,9-10,14H2,1-3H3. The quantitative estimate of drug-likeness (QED) is 0.781. The van der Waals surface area contributed by atoms with Crippen molar-refractivity contribution in [1.29, 1.82) is 0 Å². The summed E-state index contributed by atoms with van der Waals surface area (Å²) in [5.74, 6) is 1.03. The van der Waals surface area contributed by atoms with E-state index in [0.29, 0.717) is 19.6 Å². The number of hydrogen-bond donors (Lipinski definition) is 1. The molecule has 0 aliphatic heterocycles. The summed E-state index contributed by atoms with van der Waals surface area (Å²) in [5, 5.41) is 0. The fraction of sp³-hybridized carbons (Fsp3) is 0.615. The molecule has 1 heterocycles. The second-order valence-electron chi connectivity index (χ2n) is 4.63. The molecule has 5 heteroatoms. The maximum Gasteiger partial charge on any atom is 0.236 e. The van der Waals surface area contributed by atoms with E-state index < -0.39 is 0 Å². The molecule has 1 aromatic heterocycles. The van der Waals surface area contributed by atoms with Crippen LogP contribution in [0.3, 0.4) is 0 Å². The number of nitrogens with zero attached hydrogens (tertiary/aromatic N) is 2. The Hall–Kier alpha value is -1.33. The third-order valence-corrected chi connectivity index (χ3v) is 2.94. The van der Waals surface area contributed by atoms with Gasteiger partial charge in [-0.1, -0.05) is 0 Å². The van der Waals surface area contributed by atoms with Crippen molar-refractivity contribution in [1.82, 2.24) is 9.80 Å². The Kier molecular flexibility index (Phi) is 5.88. The second kappa shape index (κ2) is 7.18. The van der Waals surface area contributed by atoms with Crippen molar-refractivity contribution in [2.24, 2.45) is 5.73 Å². The summed E-state index contributed by atoms with van der Waals surface area (Å²) < 4.78 is 5.24. The van der Waals surface area contributed by atoms with Gasteiger partial charge in [-0.2, -0.15) is 0 Å². The molecule has 0 aromatic carbocycles. The summed E-state index contributed by atoms with van der Waals surface area (Å²) in [4.78, 5) is 15.6. The first-order valence-electron chi connectivity index (χ1n) is 6.20. The molecular formula is C13H23N3O2. The van der Waals surface area contributed by atoms with E-state index in [1.165, 1.54) is 0 Å². The van der Waals surface area contributed by atoms with E-state index >= 15 is 0 Å². The van der Waals surface area contributed by atoms with Gasteiger partial charge in [-0.25, -0.2) is 0 Å². The molecule has 1 rings (SSSR count). The first-order valence-corrected chi connectivity index (χ1v) is 6.20. The topological polar surface area (TPSA) is 62.7 Å². The van der Waals surface area contributed by atoms with Crippen molar-refractivity contribution in [3.05, 3.63) is 23.7 Å². The third-order valence-electron chi connectivity index (χ3n) is 2.94. The third kappa shape index (κ3) is 4.50. The van der Waals surface area contributed by atoms with E-state index in [9.17, 15) is 4.79 Å². The molecule has 2 N–H and O–H groups in total. The molecule has 0 unspecified atom stereocenters. The normalized spacial score (nSPS) is 10.9. The van der Waals surface area contributed by atoms with Crippen molar-refractivity contribution in [3.8, 4) is 0 Å². The van der Waals surface area contributed by atoms with E-state index in [1.54, 1.807) is 11.2 Å². The largest absolute Gasteiger partial charge is 0.469 e. The first kappa shape index (κ1) is 14.7. The zero-order valence-corrected chi connectivity index (χ0v) is 11.5. The SMILES string of the molecule is Cc1occc1CN(C)CC(=O)N(C)CCCN. The fourth-order valence-corrected chi connectivity index (χ4v) is 1.73. The van der Waals surface area contributed by atoms with Gasteiger partial charge in [0.05, 0.1) is 12.8 Å². The molecule has 1 aromatic rings. The highest BCUT2D eigenvalue weighted by Gasteiger charge is 2.12. The molecule has 0 bridgehead atoms. The maximum absolute atomic E-state index is 11.9. The molecule has 102 valence electrons. The number of amides is 1. The Bertz CT molecular complexity index is 376. The lowest BCUT2D eigenvalue weighted by Crippen LogP contribution is -2.37. The molecule has 0 aliphatic carbocycles. The van der Waals surface area contributed by atoms with Crippen molar-refractivity contribution < 1.29 is 9.21 Å². The lowest BCUT2D eigenvalue weighted by molar-refractivity contribution is -0.130. The minimum absolute atomic E-state index is 0.118. The van der Waals surface area contributed by atoms with Gasteiger partial charge >= 0.3 is 0 Å². The Labute approximate surface area is 109 Å².